The number of aromatic nitrogens is 12. The van der Waals surface area contributed by atoms with Crippen LogP contribution in [0, 0.1) is 56.8 Å². The van der Waals surface area contributed by atoms with Gasteiger partial charge < -0.3 is 18.3 Å². The summed E-state index contributed by atoms with van der Waals surface area (Å²) in [5.41, 5.74) is 9.38. The van der Waals surface area contributed by atoms with Gasteiger partial charge >= 0.3 is 0 Å². The fourth-order valence-electron chi connectivity index (χ4n) is 9.04. The number of hydrogen-bond acceptors (Lipinski definition) is 8. The maximum atomic E-state index is 13.2. The molecule has 0 unspecified atom stereocenters. The number of para-hydroxylation sites is 2. The molecule has 0 atom stereocenters. The van der Waals surface area contributed by atoms with Crippen LogP contribution in [0.25, 0.3) is 56.9 Å². The monoisotopic (exact) mass is 1810 g/mol. The molecular weight excluding hydrogens is 1740 g/mol. The molecule has 0 bridgehead atoms. The van der Waals surface area contributed by atoms with Crippen LogP contribution in [0.15, 0.2) is 133 Å². The van der Waals surface area contributed by atoms with Crippen LogP contribution in [-0.4, -0.2) is 59.1 Å². The van der Waals surface area contributed by atoms with Gasteiger partial charge in [-0.2, -0.15) is 20.4 Å². The normalized spacial score (nSPS) is 10.5. The first-order chi connectivity index (χ1) is 37.8. The SMILES string of the molecule is CC(C)Cn1c(-c2[c-]cccc2)nnc1C(C)C.CCCc1nnc(-c2[c-]cccc2)n1CCC.CCc1nnc(-c2[c-]cc(F)cc2)n1-c1c(C)cccc1C.Cc1ccc[c-]c1-c1nnc(C(C)C)n1-c1ccccc1.[Ir].[Ir].[Ir].[Ir]. The first-order valence-corrected chi connectivity index (χ1v) is 27.2. The van der Waals surface area contributed by atoms with E-state index in [9.17, 15) is 4.39 Å². The van der Waals surface area contributed by atoms with Crippen molar-refractivity contribution >= 4 is 0 Å². The molecule has 4 heterocycles. The van der Waals surface area contributed by atoms with Crippen LogP contribution in [0.1, 0.15) is 127 Å². The van der Waals surface area contributed by atoms with E-state index in [2.05, 4.69) is 190 Å². The van der Waals surface area contributed by atoms with Crippen LogP contribution in [0.4, 0.5) is 4.39 Å². The quantitative estimate of drug-likeness (QED) is 0.0930. The Labute approximate surface area is 539 Å². The molecule has 10 aromatic rings. The molecule has 0 saturated carbocycles. The molecule has 0 amide bonds. The van der Waals surface area contributed by atoms with Gasteiger partial charge in [-0.05, 0) is 55.9 Å². The Morgan fingerprint density at radius 1 is 0.463 bits per heavy atom. The molecule has 0 saturated heterocycles. The Bertz CT molecular complexity index is 3410. The summed E-state index contributed by atoms with van der Waals surface area (Å²) in [4.78, 5) is 0. The van der Waals surface area contributed by atoms with E-state index in [1.807, 2.05) is 91.9 Å². The summed E-state index contributed by atoms with van der Waals surface area (Å²) >= 11 is 0. The van der Waals surface area contributed by atoms with Gasteiger partial charge in [-0.25, -0.2) is 0 Å². The van der Waals surface area contributed by atoms with Crippen molar-refractivity contribution in [3.63, 3.8) is 0 Å². The van der Waals surface area contributed by atoms with Gasteiger partial charge in [0.2, 0.25) is 0 Å². The number of hydrogen-bond donors (Lipinski definition) is 0. The van der Waals surface area contributed by atoms with Crippen LogP contribution >= 0.6 is 0 Å². The second-order valence-corrected chi connectivity index (χ2v) is 20.2. The largest absolute Gasteiger partial charge is 0.351 e. The third-order valence-electron chi connectivity index (χ3n) is 12.7. The van der Waals surface area contributed by atoms with E-state index in [0.717, 1.165) is 130 Å². The smallest absolute Gasteiger partial charge is 0.131 e. The van der Waals surface area contributed by atoms with Gasteiger partial charge in [0.05, 0.1) is 23.3 Å². The average molecular weight is 1810 g/mol. The number of rotatable bonds is 15. The van der Waals surface area contributed by atoms with E-state index in [4.69, 9.17) is 0 Å². The van der Waals surface area contributed by atoms with Crippen molar-refractivity contribution in [2.45, 2.75) is 134 Å². The summed E-state index contributed by atoms with van der Waals surface area (Å²) in [6.07, 6.45) is 3.94. The van der Waals surface area contributed by atoms with Crippen molar-refractivity contribution in [3.8, 4) is 56.9 Å². The Morgan fingerprint density at radius 2 is 1.00 bits per heavy atom. The van der Waals surface area contributed by atoms with Crippen molar-refractivity contribution in [1.29, 1.82) is 0 Å². The van der Waals surface area contributed by atoms with Gasteiger partial charge in [-0.15, -0.1) is 157 Å². The van der Waals surface area contributed by atoms with Gasteiger partial charge in [0, 0.05) is 135 Å². The van der Waals surface area contributed by atoms with Crippen LogP contribution in [-0.2, 0) is 106 Å². The summed E-state index contributed by atoms with van der Waals surface area (Å²) in [6, 6.07) is 55.4. The number of nitrogens with zero attached hydrogens (tertiary/aromatic N) is 12. The Kier molecular flexibility index (Phi) is 30.1. The third-order valence-corrected chi connectivity index (χ3v) is 12.7. The summed E-state index contributed by atoms with van der Waals surface area (Å²) in [5.74, 6) is 8.33. The number of benzene rings is 6. The first-order valence-electron chi connectivity index (χ1n) is 27.2. The maximum absolute atomic E-state index is 13.2. The predicted molar refractivity (Wildman–Crippen MR) is 311 cm³/mol. The van der Waals surface area contributed by atoms with E-state index in [-0.39, 0.29) is 86.2 Å². The Hall–Kier alpha value is -5.59. The van der Waals surface area contributed by atoms with Crippen molar-refractivity contribution in [3.05, 3.63) is 204 Å². The van der Waals surface area contributed by atoms with E-state index < -0.39 is 0 Å². The number of halogens is 1. The van der Waals surface area contributed by atoms with Crippen LogP contribution in [0.2, 0.25) is 0 Å². The molecule has 0 spiro atoms. The predicted octanol–water partition coefficient (Wildman–Crippen LogP) is 14.8. The average Bonchev–Trinajstić information content (AvgIpc) is 4.46. The summed E-state index contributed by atoms with van der Waals surface area (Å²) in [5, 5.41) is 34.7. The zero-order valence-corrected chi connectivity index (χ0v) is 58.3. The second-order valence-electron chi connectivity index (χ2n) is 20.2. The van der Waals surface area contributed by atoms with Gasteiger partial charge in [-0.3, -0.25) is 4.39 Å². The zero-order valence-electron chi connectivity index (χ0n) is 48.8. The fraction of sp³-hybridized carbons (Fsp3) is 0.323. The van der Waals surface area contributed by atoms with Crippen LogP contribution in [0.3, 0.4) is 0 Å². The minimum Gasteiger partial charge on any atom is -0.351 e. The van der Waals surface area contributed by atoms with Crippen molar-refractivity contribution < 1.29 is 84.8 Å². The molecule has 4 radical (unpaired) electrons. The Morgan fingerprint density at radius 3 is 1.54 bits per heavy atom. The summed E-state index contributed by atoms with van der Waals surface area (Å²) in [7, 11) is 0. The summed E-state index contributed by atoms with van der Waals surface area (Å²) < 4.78 is 21.8. The Balaban J connectivity index is 0.000000284. The zero-order chi connectivity index (χ0) is 55.7. The topological polar surface area (TPSA) is 123 Å². The van der Waals surface area contributed by atoms with Crippen molar-refractivity contribution in [2.75, 3.05) is 0 Å². The van der Waals surface area contributed by atoms with Crippen LogP contribution in [0.5, 0.6) is 0 Å². The minimum absolute atomic E-state index is 0. The molecule has 82 heavy (non-hydrogen) atoms. The molecule has 4 aromatic heterocycles. The van der Waals surface area contributed by atoms with E-state index in [1.54, 1.807) is 6.07 Å². The van der Waals surface area contributed by atoms with Gasteiger partial charge in [0.15, 0.2) is 0 Å². The van der Waals surface area contributed by atoms with Gasteiger partial charge in [-0.1, -0.05) is 106 Å². The molecule has 0 aliphatic carbocycles. The summed E-state index contributed by atoms with van der Waals surface area (Å²) in [6.45, 7) is 27.5. The molecular formula is C65H73FIr4N12-4. The second kappa shape index (κ2) is 34.9. The molecule has 17 heteroatoms. The molecule has 12 nitrogen and oxygen atoms in total. The molecule has 6 aromatic carbocycles. The molecule has 0 aliphatic rings. The molecule has 0 fully saturated rings. The van der Waals surface area contributed by atoms with Gasteiger partial charge in [0.1, 0.15) is 23.3 Å². The molecule has 10 rings (SSSR count). The van der Waals surface area contributed by atoms with Crippen molar-refractivity contribution in [1.82, 2.24) is 59.1 Å². The first kappa shape index (κ1) is 70.7. The molecule has 440 valence electrons. The number of aryl methyl sites for hydroxylation is 5. The van der Waals surface area contributed by atoms with Gasteiger partial charge in [0.25, 0.3) is 0 Å². The van der Waals surface area contributed by atoms with E-state index >= 15 is 0 Å². The minimum atomic E-state index is -0.308. The van der Waals surface area contributed by atoms with E-state index in [1.165, 1.54) is 12.1 Å². The molecule has 0 aliphatic heterocycles. The van der Waals surface area contributed by atoms with Crippen molar-refractivity contribution in [2.24, 2.45) is 5.92 Å². The van der Waals surface area contributed by atoms with Crippen LogP contribution < -0.4 is 0 Å². The van der Waals surface area contributed by atoms with E-state index in [0.29, 0.717) is 23.6 Å². The third kappa shape index (κ3) is 18.0. The fourth-order valence-corrected chi connectivity index (χ4v) is 9.04. The molecule has 0 N–H and O–H groups in total. The standard InChI is InChI=1S/C18H17FN3.C18H18N3.C15H20N3.C14H18N3.4Ir/c1-4-16-20-21-18(14-8-10-15(19)11-9-14)22(16)17-12(2)6-5-7-13(17)3;1-13(2)17-19-20-18(16-12-8-7-9-14(16)3)21(17)15-10-5-4-6-11-15;1-11(2)10-18-14(12(3)4)16-17-15(18)13-8-6-5-7-9-13;1-3-8-13-15-16-14(17(13)11-4-2)12-9-6-5-7-10-12;;;;/h5-8,10-11H,4H2,1-3H3;4-11,13H,1-3H3;5-8,11-12H,10H2,1-4H3;5-7,9H,3-4,8,11H2,1-2H3;;;;/q4*-1;;;;. The maximum Gasteiger partial charge on any atom is 0.131 e.